The second kappa shape index (κ2) is 5.27. The van der Waals surface area contributed by atoms with Gasteiger partial charge in [-0.3, -0.25) is 4.57 Å². The van der Waals surface area contributed by atoms with E-state index in [1.807, 2.05) is 6.92 Å². The minimum absolute atomic E-state index is 0.0997. The highest BCUT2D eigenvalue weighted by Crippen LogP contribution is 2.40. The van der Waals surface area contributed by atoms with Gasteiger partial charge in [-0.05, 0) is 38.5 Å². The fraction of sp³-hybridized carbons (Fsp3) is 0.833. The van der Waals surface area contributed by atoms with E-state index >= 15 is 0 Å². The van der Waals surface area contributed by atoms with Crippen LogP contribution in [0.2, 0.25) is 0 Å². The summed E-state index contributed by atoms with van der Waals surface area (Å²) < 4.78 is 30.3. The topological polar surface area (TPSA) is 74.1 Å². The average Bonchev–Trinajstić information content (AvgIpc) is 3.06. The highest BCUT2D eigenvalue weighted by atomic mass is 35.7. The molecular formula is C12H18ClN3O3S. The molecule has 6 nitrogen and oxygen atoms in total. The molecule has 0 bridgehead atoms. The molecule has 112 valence electrons. The third-order valence-corrected chi connectivity index (χ3v) is 5.06. The van der Waals surface area contributed by atoms with E-state index in [1.165, 1.54) is 0 Å². The van der Waals surface area contributed by atoms with E-state index in [-0.39, 0.29) is 11.2 Å². The van der Waals surface area contributed by atoms with Gasteiger partial charge < -0.3 is 4.74 Å². The lowest BCUT2D eigenvalue weighted by molar-refractivity contribution is -0.0247. The van der Waals surface area contributed by atoms with E-state index in [0.717, 1.165) is 44.5 Å². The Hall–Kier alpha value is -0.660. The monoisotopic (exact) mass is 319 g/mol. The number of hydrogen-bond donors (Lipinski definition) is 0. The minimum atomic E-state index is -3.82. The Morgan fingerprint density at radius 2 is 2.05 bits per heavy atom. The molecule has 1 aromatic rings. The van der Waals surface area contributed by atoms with Gasteiger partial charge in [0.1, 0.15) is 5.82 Å². The maximum absolute atomic E-state index is 11.5. The van der Waals surface area contributed by atoms with Crippen LogP contribution in [0.3, 0.4) is 0 Å². The number of rotatable bonds is 6. The molecule has 0 aromatic carbocycles. The SMILES string of the molecule is CCOC1CC(Cc2nnc(S(=O)(=O)Cl)n2C2CC2)C1. The molecule has 0 aliphatic heterocycles. The molecule has 0 radical (unpaired) electrons. The minimum Gasteiger partial charge on any atom is -0.378 e. The molecule has 0 saturated heterocycles. The molecule has 2 fully saturated rings. The first kappa shape index (κ1) is 14.3. The van der Waals surface area contributed by atoms with E-state index in [1.54, 1.807) is 4.57 Å². The Kier molecular flexibility index (Phi) is 3.77. The Bertz CT molecular complexity index is 591. The molecule has 1 aromatic heterocycles. The fourth-order valence-electron chi connectivity index (χ4n) is 2.78. The zero-order valence-corrected chi connectivity index (χ0v) is 12.9. The molecule has 8 heteroatoms. The molecule has 1 heterocycles. The second-order valence-corrected chi connectivity index (χ2v) is 8.02. The normalized spacial score (nSPS) is 26.5. The summed E-state index contributed by atoms with van der Waals surface area (Å²) in [5, 5.41) is 7.72. The molecule has 0 amide bonds. The van der Waals surface area contributed by atoms with Gasteiger partial charge in [0.2, 0.25) is 0 Å². The lowest BCUT2D eigenvalue weighted by atomic mass is 9.80. The van der Waals surface area contributed by atoms with Crippen LogP contribution in [0.4, 0.5) is 0 Å². The van der Waals surface area contributed by atoms with Gasteiger partial charge in [0.25, 0.3) is 14.2 Å². The first-order chi connectivity index (χ1) is 9.49. The molecule has 20 heavy (non-hydrogen) atoms. The van der Waals surface area contributed by atoms with E-state index in [4.69, 9.17) is 15.4 Å². The zero-order chi connectivity index (χ0) is 14.3. The van der Waals surface area contributed by atoms with Gasteiger partial charge in [-0.15, -0.1) is 10.2 Å². The molecule has 2 saturated carbocycles. The summed E-state index contributed by atoms with van der Waals surface area (Å²) in [5.74, 6) is 1.24. The van der Waals surface area contributed by atoms with Crippen molar-refractivity contribution in [1.82, 2.24) is 14.8 Å². The van der Waals surface area contributed by atoms with E-state index in [9.17, 15) is 8.42 Å². The summed E-state index contributed by atoms with van der Waals surface area (Å²) in [6, 6.07) is 0.200. The Morgan fingerprint density at radius 3 is 2.60 bits per heavy atom. The highest BCUT2D eigenvalue weighted by molar-refractivity contribution is 8.13. The first-order valence-corrected chi connectivity index (χ1v) is 9.30. The van der Waals surface area contributed by atoms with Crippen molar-refractivity contribution in [2.24, 2.45) is 5.92 Å². The lowest BCUT2D eigenvalue weighted by Crippen LogP contribution is -2.33. The zero-order valence-electron chi connectivity index (χ0n) is 11.3. The molecule has 0 atom stereocenters. The van der Waals surface area contributed by atoms with Crippen molar-refractivity contribution in [2.45, 2.75) is 56.3 Å². The number of nitrogens with zero attached hydrogens (tertiary/aromatic N) is 3. The largest absolute Gasteiger partial charge is 0.378 e. The lowest BCUT2D eigenvalue weighted by Gasteiger charge is -2.34. The standard InChI is InChI=1S/C12H18ClN3O3S/c1-2-19-10-5-8(6-10)7-11-14-15-12(20(13,17)18)16(11)9-3-4-9/h8-10H,2-7H2,1H3. The third-order valence-electron chi connectivity index (χ3n) is 3.93. The van der Waals surface area contributed by atoms with Crippen molar-refractivity contribution in [1.29, 1.82) is 0 Å². The molecule has 0 spiro atoms. The summed E-state index contributed by atoms with van der Waals surface area (Å²) in [7, 11) is 1.60. The van der Waals surface area contributed by atoms with Crippen molar-refractivity contribution >= 4 is 19.7 Å². The van der Waals surface area contributed by atoms with Crippen molar-refractivity contribution in [3.63, 3.8) is 0 Å². The van der Waals surface area contributed by atoms with Crippen LogP contribution in [-0.2, 0) is 20.2 Å². The predicted molar refractivity (Wildman–Crippen MR) is 73.2 cm³/mol. The van der Waals surface area contributed by atoms with Crippen molar-refractivity contribution in [3.05, 3.63) is 5.82 Å². The smallest absolute Gasteiger partial charge is 0.296 e. The summed E-state index contributed by atoms with van der Waals surface area (Å²) in [6.45, 7) is 2.74. The van der Waals surface area contributed by atoms with E-state index < -0.39 is 9.05 Å². The summed E-state index contributed by atoms with van der Waals surface area (Å²) >= 11 is 0. The first-order valence-electron chi connectivity index (χ1n) is 6.99. The van der Waals surface area contributed by atoms with Crippen LogP contribution in [-0.4, -0.2) is 35.9 Å². The number of hydrogen-bond acceptors (Lipinski definition) is 5. The number of halogens is 1. The third kappa shape index (κ3) is 2.84. The van der Waals surface area contributed by atoms with Gasteiger partial charge >= 0.3 is 0 Å². The van der Waals surface area contributed by atoms with Crippen LogP contribution in [0.25, 0.3) is 0 Å². The molecule has 3 rings (SSSR count). The number of aromatic nitrogens is 3. The average molecular weight is 320 g/mol. The maximum Gasteiger partial charge on any atom is 0.296 e. The van der Waals surface area contributed by atoms with Crippen LogP contribution in [0.15, 0.2) is 5.16 Å². The Labute approximate surface area is 122 Å². The Morgan fingerprint density at radius 1 is 1.35 bits per heavy atom. The van der Waals surface area contributed by atoms with Crippen LogP contribution in [0, 0.1) is 5.92 Å². The molecule has 0 unspecified atom stereocenters. The molecule has 2 aliphatic rings. The van der Waals surface area contributed by atoms with Gasteiger partial charge in [-0.2, -0.15) is 0 Å². The molecule has 0 N–H and O–H groups in total. The van der Waals surface area contributed by atoms with E-state index in [2.05, 4.69) is 10.2 Å². The fourth-order valence-corrected chi connectivity index (χ4v) is 3.73. The van der Waals surface area contributed by atoms with Crippen LogP contribution in [0.5, 0.6) is 0 Å². The molecular weight excluding hydrogens is 302 g/mol. The second-order valence-electron chi connectivity index (χ2n) is 5.56. The number of ether oxygens (including phenoxy) is 1. The van der Waals surface area contributed by atoms with Gasteiger partial charge in [0, 0.05) is 29.8 Å². The van der Waals surface area contributed by atoms with Crippen molar-refractivity contribution < 1.29 is 13.2 Å². The van der Waals surface area contributed by atoms with Crippen molar-refractivity contribution in [3.8, 4) is 0 Å². The summed E-state index contributed by atoms with van der Waals surface area (Å²) in [4.78, 5) is 0. The van der Waals surface area contributed by atoms with Gasteiger partial charge in [-0.25, -0.2) is 8.42 Å². The molecule has 2 aliphatic carbocycles. The summed E-state index contributed by atoms with van der Waals surface area (Å²) in [5.41, 5.74) is 0. The quantitative estimate of drug-likeness (QED) is 0.749. The van der Waals surface area contributed by atoms with Crippen molar-refractivity contribution in [2.75, 3.05) is 6.61 Å². The maximum atomic E-state index is 11.5. The van der Waals surface area contributed by atoms with Crippen LogP contribution in [0.1, 0.15) is 44.5 Å². The van der Waals surface area contributed by atoms with E-state index in [0.29, 0.717) is 12.0 Å². The highest BCUT2D eigenvalue weighted by Gasteiger charge is 2.36. The van der Waals surface area contributed by atoms with Gasteiger partial charge in [0.15, 0.2) is 0 Å². The van der Waals surface area contributed by atoms with Gasteiger partial charge in [0.05, 0.1) is 6.10 Å². The summed E-state index contributed by atoms with van der Waals surface area (Å²) in [6.07, 6.45) is 5.05. The van der Waals surface area contributed by atoms with Gasteiger partial charge in [-0.1, -0.05) is 0 Å². The predicted octanol–water partition coefficient (Wildman–Crippen LogP) is 1.90. The Balaban J connectivity index is 1.73. The van der Waals surface area contributed by atoms with Crippen LogP contribution >= 0.6 is 10.7 Å². The van der Waals surface area contributed by atoms with Crippen LogP contribution < -0.4 is 0 Å².